The largest absolute Gasteiger partial charge is 0.437 e. The monoisotopic (exact) mass is 431 g/mol. The third-order valence-electron chi connectivity index (χ3n) is 5.01. The van der Waals surface area contributed by atoms with Crippen LogP contribution in [-0.2, 0) is 11.8 Å². The molecule has 1 N–H and O–H groups in total. The SMILES string of the molecule is CC(C)Cc1ccc2nc(Nc3cccnc3Oc3ccccc3C(C)(C)C)sc2c1. The topological polar surface area (TPSA) is 47.0 Å². The first-order chi connectivity index (χ1) is 14.8. The highest BCUT2D eigenvalue weighted by Gasteiger charge is 2.20. The van der Waals surface area contributed by atoms with Gasteiger partial charge in [-0.1, -0.05) is 70.2 Å². The highest BCUT2D eigenvalue weighted by Crippen LogP contribution is 2.37. The molecule has 0 aliphatic heterocycles. The number of nitrogens with zero attached hydrogens (tertiary/aromatic N) is 2. The third kappa shape index (κ3) is 5.05. The molecule has 0 fully saturated rings. The smallest absolute Gasteiger partial charge is 0.243 e. The molecule has 2 aromatic heterocycles. The van der Waals surface area contributed by atoms with Gasteiger partial charge < -0.3 is 10.1 Å². The van der Waals surface area contributed by atoms with Crippen molar-refractivity contribution >= 4 is 32.4 Å². The van der Waals surface area contributed by atoms with E-state index in [0.717, 1.165) is 34.1 Å². The first kappa shape index (κ1) is 21.3. The fourth-order valence-electron chi connectivity index (χ4n) is 3.58. The lowest BCUT2D eigenvalue weighted by Crippen LogP contribution is -2.12. The van der Waals surface area contributed by atoms with Crippen LogP contribution in [-0.4, -0.2) is 9.97 Å². The quantitative estimate of drug-likeness (QED) is 0.339. The van der Waals surface area contributed by atoms with Crippen LogP contribution < -0.4 is 10.1 Å². The summed E-state index contributed by atoms with van der Waals surface area (Å²) in [5.74, 6) is 1.99. The molecule has 0 bridgehead atoms. The van der Waals surface area contributed by atoms with Crippen LogP contribution in [0.25, 0.3) is 10.2 Å². The van der Waals surface area contributed by atoms with Crippen molar-refractivity contribution in [3.05, 3.63) is 71.9 Å². The van der Waals surface area contributed by atoms with Gasteiger partial charge in [-0.15, -0.1) is 0 Å². The lowest BCUT2D eigenvalue weighted by Gasteiger charge is -2.22. The number of thiazole rings is 1. The first-order valence-electron chi connectivity index (χ1n) is 10.7. The summed E-state index contributed by atoms with van der Waals surface area (Å²) in [5, 5.41) is 4.25. The Balaban J connectivity index is 1.61. The van der Waals surface area contributed by atoms with Gasteiger partial charge in [-0.3, -0.25) is 0 Å². The van der Waals surface area contributed by atoms with Gasteiger partial charge >= 0.3 is 0 Å². The van der Waals surface area contributed by atoms with E-state index in [1.54, 1.807) is 17.5 Å². The van der Waals surface area contributed by atoms with Gasteiger partial charge in [0.15, 0.2) is 5.13 Å². The Morgan fingerprint density at radius 3 is 2.61 bits per heavy atom. The highest BCUT2D eigenvalue weighted by atomic mass is 32.1. The van der Waals surface area contributed by atoms with Crippen LogP contribution in [0.5, 0.6) is 11.6 Å². The Morgan fingerprint density at radius 1 is 1.03 bits per heavy atom. The van der Waals surface area contributed by atoms with Crippen LogP contribution in [0.3, 0.4) is 0 Å². The summed E-state index contributed by atoms with van der Waals surface area (Å²) in [6.07, 6.45) is 2.82. The summed E-state index contributed by atoms with van der Waals surface area (Å²) in [5.41, 5.74) is 4.27. The van der Waals surface area contributed by atoms with Crippen molar-refractivity contribution in [2.24, 2.45) is 5.92 Å². The van der Waals surface area contributed by atoms with E-state index >= 15 is 0 Å². The average molecular weight is 432 g/mol. The minimum Gasteiger partial charge on any atom is -0.437 e. The zero-order valence-corrected chi connectivity index (χ0v) is 19.6. The minimum absolute atomic E-state index is 0.0281. The van der Waals surface area contributed by atoms with Crippen LogP contribution in [0.2, 0.25) is 0 Å². The number of rotatable bonds is 6. The van der Waals surface area contributed by atoms with Gasteiger partial charge in [0.05, 0.1) is 10.2 Å². The van der Waals surface area contributed by atoms with E-state index in [0.29, 0.717) is 11.8 Å². The second kappa shape index (κ2) is 8.67. The van der Waals surface area contributed by atoms with E-state index in [1.807, 2.05) is 30.3 Å². The van der Waals surface area contributed by atoms with Gasteiger partial charge in [0.1, 0.15) is 11.4 Å². The minimum atomic E-state index is -0.0281. The molecular formula is C26H29N3OS. The third-order valence-corrected chi connectivity index (χ3v) is 5.94. The molecule has 0 radical (unpaired) electrons. The van der Waals surface area contributed by atoms with Gasteiger partial charge in [-0.2, -0.15) is 0 Å². The number of benzene rings is 2. The second-order valence-electron chi connectivity index (χ2n) is 9.25. The Bertz CT molecular complexity index is 1190. The van der Waals surface area contributed by atoms with E-state index in [1.165, 1.54) is 10.3 Å². The molecule has 0 aliphatic rings. The van der Waals surface area contributed by atoms with Crippen molar-refractivity contribution in [2.75, 3.05) is 5.32 Å². The summed E-state index contributed by atoms with van der Waals surface area (Å²) in [6, 6.07) is 18.5. The maximum absolute atomic E-state index is 6.28. The number of anilines is 2. The molecule has 0 saturated carbocycles. The van der Waals surface area contributed by atoms with Gasteiger partial charge in [0, 0.05) is 11.8 Å². The van der Waals surface area contributed by atoms with E-state index in [4.69, 9.17) is 9.72 Å². The molecule has 4 aromatic rings. The van der Waals surface area contributed by atoms with Gasteiger partial charge in [-0.25, -0.2) is 9.97 Å². The Hall–Kier alpha value is -2.92. The van der Waals surface area contributed by atoms with Crippen molar-refractivity contribution in [1.29, 1.82) is 0 Å². The fourth-order valence-corrected chi connectivity index (χ4v) is 4.52. The van der Waals surface area contributed by atoms with Crippen molar-refractivity contribution in [2.45, 2.75) is 46.5 Å². The van der Waals surface area contributed by atoms with Crippen LogP contribution in [0, 0.1) is 5.92 Å². The summed E-state index contributed by atoms with van der Waals surface area (Å²) in [6.45, 7) is 11.0. The van der Waals surface area contributed by atoms with Crippen LogP contribution in [0.1, 0.15) is 45.7 Å². The molecule has 0 unspecified atom stereocenters. The first-order valence-corrected chi connectivity index (χ1v) is 11.5. The van der Waals surface area contributed by atoms with Crippen LogP contribution >= 0.6 is 11.3 Å². The molecule has 160 valence electrons. The average Bonchev–Trinajstić information content (AvgIpc) is 3.10. The highest BCUT2D eigenvalue weighted by molar-refractivity contribution is 7.22. The van der Waals surface area contributed by atoms with Gasteiger partial charge in [-0.05, 0) is 53.6 Å². The number of hydrogen-bond donors (Lipinski definition) is 1. The molecule has 0 spiro atoms. The molecule has 2 aromatic carbocycles. The van der Waals surface area contributed by atoms with Crippen LogP contribution in [0.4, 0.5) is 10.8 Å². The number of para-hydroxylation sites is 1. The summed E-state index contributed by atoms with van der Waals surface area (Å²) < 4.78 is 7.46. The lowest BCUT2D eigenvalue weighted by atomic mass is 9.86. The van der Waals surface area contributed by atoms with Crippen LogP contribution in [0.15, 0.2) is 60.8 Å². The molecular weight excluding hydrogens is 402 g/mol. The fraction of sp³-hybridized carbons (Fsp3) is 0.308. The number of aromatic nitrogens is 2. The van der Waals surface area contributed by atoms with Crippen molar-refractivity contribution in [3.63, 3.8) is 0 Å². The number of ether oxygens (including phenoxy) is 1. The maximum Gasteiger partial charge on any atom is 0.243 e. The standard InChI is InChI=1S/C26H29N3OS/c1-17(2)15-18-12-13-20-23(16-18)31-25(28-20)29-21-10-8-14-27-24(21)30-22-11-7-6-9-19(22)26(3,4)5/h6-14,16-17H,15H2,1-5H3,(H,28,29). The van der Waals surface area contributed by atoms with E-state index in [-0.39, 0.29) is 5.41 Å². The summed E-state index contributed by atoms with van der Waals surface area (Å²) >= 11 is 1.65. The predicted molar refractivity (Wildman–Crippen MR) is 131 cm³/mol. The van der Waals surface area contributed by atoms with E-state index in [2.05, 4.69) is 69.2 Å². The van der Waals surface area contributed by atoms with E-state index in [9.17, 15) is 0 Å². The predicted octanol–water partition coefficient (Wildman–Crippen LogP) is 7.72. The maximum atomic E-state index is 6.28. The molecule has 5 heteroatoms. The molecule has 0 atom stereocenters. The number of pyridine rings is 1. The number of nitrogens with one attached hydrogen (secondary N) is 1. The molecule has 0 saturated heterocycles. The van der Waals surface area contributed by atoms with Crippen molar-refractivity contribution in [1.82, 2.24) is 9.97 Å². The zero-order valence-electron chi connectivity index (χ0n) is 18.8. The lowest BCUT2D eigenvalue weighted by molar-refractivity contribution is 0.442. The molecule has 0 amide bonds. The molecule has 2 heterocycles. The molecule has 31 heavy (non-hydrogen) atoms. The Kier molecular flexibility index (Phi) is 5.96. The Labute approximate surface area is 188 Å². The van der Waals surface area contributed by atoms with Crippen molar-refractivity contribution < 1.29 is 4.74 Å². The van der Waals surface area contributed by atoms with Crippen molar-refractivity contribution in [3.8, 4) is 11.6 Å². The van der Waals surface area contributed by atoms with Gasteiger partial charge in [0.25, 0.3) is 0 Å². The zero-order chi connectivity index (χ0) is 22.0. The summed E-state index contributed by atoms with van der Waals surface area (Å²) in [7, 11) is 0. The molecule has 4 rings (SSSR count). The molecule has 0 aliphatic carbocycles. The van der Waals surface area contributed by atoms with E-state index < -0.39 is 0 Å². The normalized spacial score (nSPS) is 11.8. The number of hydrogen-bond acceptors (Lipinski definition) is 5. The number of fused-ring (bicyclic) bond motifs is 1. The summed E-state index contributed by atoms with van der Waals surface area (Å²) in [4.78, 5) is 9.24. The second-order valence-corrected chi connectivity index (χ2v) is 10.3. The Morgan fingerprint density at radius 2 is 1.84 bits per heavy atom. The molecule has 4 nitrogen and oxygen atoms in total. The van der Waals surface area contributed by atoms with Gasteiger partial charge in [0.2, 0.25) is 5.88 Å².